The standard InChI is InChI=1S/C12H15NO4/c1-7-9(5-6-10(14)16-3)13-8(2)11(7)12(15)17-4/h5-6,13H,1-4H3/b6-5+. The molecule has 1 heterocycles. The minimum absolute atomic E-state index is 0.394. The van der Waals surface area contributed by atoms with Crippen molar-refractivity contribution in [3.63, 3.8) is 0 Å². The molecule has 0 amide bonds. The molecule has 0 fully saturated rings. The molecule has 0 radical (unpaired) electrons. The number of aryl methyl sites for hydroxylation is 1. The Morgan fingerprint density at radius 1 is 1.18 bits per heavy atom. The van der Waals surface area contributed by atoms with Gasteiger partial charge in [-0.2, -0.15) is 0 Å². The number of hydrogen-bond donors (Lipinski definition) is 1. The molecule has 5 heteroatoms. The van der Waals surface area contributed by atoms with E-state index >= 15 is 0 Å². The molecule has 0 spiro atoms. The lowest BCUT2D eigenvalue weighted by Gasteiger charge is -1.98. The van der Waals surface area contributed by atoms with Crippen LogP contribution in [0.25, 0.3) is 6.08 Å². The van der Waals surface area contributed by atoms with Gasteiger partial charge in [0, 0.05) is 17.5 Å². The van der Waals surface area contributed by atoms with Gasteiger partial charge in [0.15, 0.2) is 0 Å². The molecule has 0 atom stereocenters. The summed E-state index contributed by atoms with van der Waals surface area (Å²) in [7, 11) is 2.64. The Kier molecular flexibility index (Phi) is 4.09. The smallest absolute Gasteiger partial charge is 0.339 e. The fourth-order valence-corrected chi connectivity index (χ4v) is 1.57. The van der Waals surface area contributed by atoms with Crippen LogP contribution >= 0.6 is 0 Å². The molecule has 1 rings (SSSR count). The summed E-state index contributed by atoms with van der Waals surface area (Å²) >= 11 is 0. The summed E-state index contributed by atoms with van der Waals surface area (Å²) in [6, 6.07) is 0. The summed E-state index contributed by atoms with van der Waals surface area (Å²) in [5.41, 5.74) is 2.64. The first-order valence-corrected chi connectivity index (χ1v) is 5.04. The lowest BCUT2D eigenvalue weighted by molar-refractivity contribution is -0.134. The van der Waals surface area contributed by atoms with E-state index in [0.29, 0.717) is 17.0 Å². The third kappa shape index (κ3) is 2.75. The fraction of sp³-hybridized carbons (Fsp3) is 0.333. The van der Waals surface area contributed by atoms with Gasteiger partial charge in [-0.15, -0.1) is 0 Å². The highest BCUT2D eigenvalue weighted by Gasteiger charge is 2.17. The summed E-state index contributed by atoms with van der Waals surface area (Å²) in [5, 5.41) is 0. The van der Waals surface area contributed by atoms with Gasteiger partial charge in [0.2, 0.25) is 0 Å². The SMILES string of the molecule is COC(=O)/C=C/c1[nH]c(C)c(C(=O)OC)c1C. The Bertz CT molecular complexity index is 471. The van der Waals surface area contributed by atoms with Crippen molar-refractivity contribution in [2.45, 2.75) is 13.8 Å². The Balaban J connectivity index is 3.09. The first-order chi connectivity index (χ1) is 8.01. The van der Waals surface area contributed by atoms with Crippen LogP contribution in [0.4, 0.5) is 0 Å². The van der Waals surface area contributed by atoms with E-state index in [2.05, 4.69) is 14.5 Å². The zero-order chi connectivity index (χ0) is 13.0. The van der Waals surface area contributed by atoms with Crippen LogP contribution < -0.4 is 0 Å². The van der Waals surface area contributed by atoms with Crippen molar-refractivity contribution in [3.05, 3.63) is 28.6 Å². The largest absolute Gasteiger partial charge is 0.466 e. The number of carbonyl (C=O) groups is 2. The van der Waals surface area contributed by atoms with Crippen LogP contribution in [-0.4, -0.2) is 31.1 Å². The summed E-state index contributed by atoms with van der Waals surface area (Å²) in [6.07, 6.45) is 2.86. The molecule has 0 aliphatic heterocycles. The summed E-state index contributed by atoms with van der Waals surface area (Å²) in [6.45, 7) is 3.56. The number of ether oxygens (including phenoxy) is 2. The van der Waals surface area contributed by atoms with Gasteiger partial charge in [-0.05, 0) is 25.5 Å². The second kappa shape index (κ2) is 5.34. The van der Waals surface area contributed by atoms with E-state index in [-0.39, 0.29) is 0 Å². The van der Waals surface area contributed by atoms with Crippen LogP contribution in [0.5, 0.6) is 0 Å². The Morgan fingerprint density at radius 2 is 1.82 bits per heavy atom. The zero-order valence-electron chi connectivity index (χ0n) is 10.3. The molecule has 5 nitrogen and oxygen atoms in total. The number of hydrogen-bond acceptors (Lipinski definition) is 4. The van der Waals surface area contributed by atoms with Gasteiger partial charge in [0.05, 0.1) is 19.8 Å². The molecule has 0 aliphatic rings. The highest BCUT2D eigenvalue weighted by atomic mass is 16.5. The minimum Gasteiger partial charge on any atom is -0.466 e. The molecule has 0 bridgehead atoms. The van der Waals surface area contributed by atoms with Gasteiger partial charge < -0.3 is 14.5 Å². The number of carbonyl (C=O) groups excluding carboxylic acids is 2. The van der Waals surface area contributed by atoms with Crippen LogP contribution in [-0.2, 0) is 14.3 Å². The molecule has 92 valence electrons. The van der Waals surface area contributed by atoms with Crippen molar-refractivity contribution in [2.75, 3.05) is 14.2 Å². The third-order valence-corrected chi connectivity index (χ3v) is 2.45. The van der Waals surface area contributed by atoms with Crippen molar-refractivity contribution in [3.8, 4) is 0 Å². The first-order valence-electron chi connectivity index (χ1n) is 5.04. The van der Waals surface area contributed by atoms with Crippen LogP contribution in [0.1, 0.15) is 27.3 Å². The number of rotatable bonds is 3. The fourth-order valence-electron chi connectivity index (χ4n) is 1.57. The average molecular weight is 237 g/mol. The molecular formula is C12H15NO4. The Hall–Kier alpha value is -2.04. The predicted octanol–water partition coefficient (Wildman–Crippen LogP) is 1.60. The number of esters is 2. The van der Waals surface area contributed by atoms with E-state index in [1.165, 1.54) is 20.3 Å². The van der Waals surface area contributed by atoms with Gasteiger partial charge >= 0.3 is 11.9 Å². The van der Waals surface area contributed by atoms with Crippen LogP contribution in [0.2, 0.25) is 0 Å². The van der Waals surface area contributed by atoms with Crippen molar-refractivity contribution in [1.82, 2.24) is 4.98 Å². The maximum Gasteiger partial charge on any atom is 0.339 e. The normalized spacial score (nSPS) is 10.6. The lowest BCUT2D eigenvalue weighted by Crippen LogP contribution is -2.03. The molecule has 0 unspecified atom stereocenters. The number of methoxy groups -OCH3 is 2. The number of aromatic amines is 1. The highest BCUT2D eigenvalue weighted by molar-refractivity contribution is 5.94. The second-order valence-corrected chi connectivity index (χ2v) is 3.51. The van der Waals surface area contributed by atoms with Crippen molar-refractivity contribution in [2.24, 2.45) is 0 Å². The van der Waals surface area contributed by atoms with Crippen LogP contribution in [0, 0.1) is 13.8 Å². The van der Waals surface area contributed by atoms with E-state index in [1.54, 1.807) is 19.9 Å². The maximum atomic E-state index is 11.5. The van der Waals surface area contributed by atoms with E-state index in [1.807, 2.05) is 0 Å². The zero-order valence-corrected chi connectivity index (χ0v) is 10.3. The molecule has 1 N–H and O–H groups in total. The van der Waals surface area contributed by atoms with E-state index in [9.17, 15) is 9.59 Å². The summed E-state index contributed by atoms with van der Waals surface area (Å²) in [5.74, 6) is -0.842. The quantitative estimate of drug-likeness (QED) is 0.640. The second-order valence-electron chi connectivity index (χ2n) is 3.51. The number of nitrogens with one attached hydrogen (secondary N) is 1. The molecular weight excluding hydrogens is 222 g/mol. The van der Waals surface area contributed by atoms with Gasteiger partial charge in [-0.3, -0.25) is 0 Å². The van der Waals surface area contributed by atoms with E-state index < -0.39 is 11.9 Å². The van der Waals surface area contributed by atoms with Crippen LogP contribution in [0.15, 0.2) is 6.08 Å². The molecule has 0 saturated heterocycles. The third-order valence-electron chi connectivity index (χ3n) is 2.45. The molecule has 1 aromatic rings. The van der Waals surface area contributed by atoms with E-state index in [0.717, 1.165) is 5.56 Å². The van der Waals surface area contributed by atoms with Crippen molar-refractivity contribution in [1.29, 1.82) is 0 Å². The van der Waals surface area contributed by atoms with Crippen molar-refractivity contribution < 1.29 is 19.1 Å². The molecule has 0 aromatic carbocycles. The lowest BCUT2D eigenvalue weighted by atomic mass is 10.1. The van der Waals surface area contributed by atoms with E-state index in [4.69, 9.17) is 0 Å². The minimum atomic E-state index is -0.448. The van der Waals surface area contributed by atoms with Crippen molar-refractivity contribution >= 4 is 18.0 Å². The van der Waals surface area contributed by atoms with Gasteiger partial charge in [0.1, 0.15) is 0 Å². The molecule has 0 aliphatic carbocycles. The summed E-state index contributed by atoms with van der Waals surface area (Å²) < 4.78 is 9.17. The first kappa shape index (κ1) is 13.0. The molecule has 17 heavy (non-hydrogen) atoms. The number of H-pyrrole nitrogens is 1. The topological polar surface area (TPSA) is 68.4 Å². The van der Waals surface area contributed by atoms with Gasteiger partial charge in [-0.1, -0.05) is 0 Å². The number of aromatic nitrogens is 1. The van der Waals surface area contributed by atoms with Gasteiger partial charge in [-0.25, -0.2) is 9.59 Å². The average Bonchev–Trinajstić information content (AvgIpc) is 2.60. The Labute approximate surface area is 99.4 Å². The predicted molar refractivity (Wildman–Crippen MR) is 62.7 cm³/mol. The maximum absolute atomic E-state index is 11.5. The van der Waals surface area contributed by atoms with Crippen LogP contribution in [0.3, 0.4) is 0 Å². The summed E-state index contributed by atoms with van der Waals surface area (Å²) in [4.78, 5) is 25.5. The molecule has 1 aromatic heterocycles. The monoisotopic (exact) mass is 237 g/mol. The van der Waals surface area contributed by atoms with Gasteiger partial charge in [0.25, 0.3) is 0 Å². The highest BCUT2D eigenvalue weighted by Crippen LogP contribution is 2.19. The molecule has 0 saturated carbocycles. The Morgan fingerprint density at radius 3 is 2.35 bits per heavy atom.